The Balaban J connectivity index is 1.63. The lowest BCUT2D eigenvalue weighted by atomic mass is 10.1. The Kier molecular flexibility index (Phi) is 4.93. The molecule has 0 saturated heterocycles. The lowest BCUT2D eigenvalue weighted by Crippen LogP contribution is -1.99. The van der Waals surface area contributed by atoms with Crippen LogP contribution in [-0.2, 0) is 0 Å². The van der Waals surface area contributed by atoms with Crippen LogP contribution in [0.5, 0.6) is 11.5 Å². The van der Waals surface area contributed by atoms with Crippen LogP contribution in [0.2, 0.25) is 0 Å². The number of hydrogen-bond donors (Lipinski definition) is 1. The molecule has 0 saturated carbocycles. The third kappa shape index (κ3) is 3.86. The molecule has 4 rings (SSSR count). The van der Waals surface area contributed by atoms with Crippen molar-refractivity contribution in [1.29, 1.82) is 0 Å². The maximum absolute atomic E-state index is 13.9. The minimum atomic E-state index is -0.944. The number of halogens is 1. The molecule has 0 amide bonds. The molecule has 4 aromatic rings. The Hall–Kier alpha value is -4.14. The second-order valence-electron chi connectivity index (χ2n) is 6.64. The van der Waals surface area contributed by atoms with Crippen molar-refractivity contribution in [3.63, 3.8) is 0 Å². The van der Waals surface area contributed by atoms with Crippen LogP contribution in [0.25, 0.3) is 10.9 Å². The van der Waals surface area contributed by atoms with Crippen LogP contribution in [0, 0.1) is 29.8 Å². The number of hydrogen-bond acceptors (Lipinski definition) is 7. The topological polar surface area (TPSA) is 103 Å². The van der Waals surface area contributed by atoms with E-state index in [0.717, 1.165) is 23.4 Å². The molecule has 30 heavy (non-hydrogen) atoms. The van der Waals surface area contributed by atoms with Gasteiger partial charge in [-0.15, -0.1) is 0 Å². The van der Waals surface area contributed by atoms with Gasteiger partial charge in [-0.2, -0.15) is 4.39 Å². The molecule has 0 radical (unpaired) electrons. The number of aryl methyl sites for hydroxylation is 2. The molecule has 2 heterocycles. The van der Waals surface area contributed by atoms with Gasteiger partial charge >= 0.3 is 5.69 Å². The summed E-state index contributed by atoms with van der Waals surface area (Å²) >= 11 is 0. The van der Waals surface area contributed by atoms with Crippen molar-refractivity contribution in [2.45, 2.75) is 13.8 Å². The fraction of sp³-hybridized carbons (Fsp3) is 0.0952. The highest BCUT2D eigenvalue weighted by Crippen LogP contribution is 2.31. The van der Waals surface area contributed by atoms with Crippen LogP contribution in [0.1, 0.15) is 11.3 Å². The van der Waals surface area contributed by atoms with E-state index in [0.29, 0.717) is 28.4 Å². The minimum Gasteiger partial charge on any atom is -0.455 e. The average molecular weight is 405 g/mol. The zero-order valence-corrected chi connectivity index (χ0v) is 16.1. The molecule has 8 nitrogen and oxygen atoms in total. The molecule has 2 aromatic carbocycles. The van der Waals surface area contributed by atoms with E-state index in [4.69, 9.17) is 4.74 Å². The molecular weight excluding hydrogens is 389 g/mol. The van der Waals surface area contributed by atoms with Crippen molar-refractivity contribution in [3.05, 3.63) is 82.2 Å². The summed E-state index contributed by atoms with van der Waals surface area (Å²) in [5.74, 6) is 0.677. The van der Waals surface area contributed by atoms with E-state index in [1.807, 2.05) is 32.0 Å². The maximum Gasteiger partial charge on any atom is 0.305 e. The summed E-state index contributed by atoms with van der Waals surface area (Å²) in [4.78, 5) is 22.6. The maximum atomic E-state index is 13.9. The first-order valence-corrected chi connectivity index (χ1v) is 8.97. The van der Waals surface area contributed by atoms with E-state index in [9.17, 15) is 14.5 Å². The summed E-state index contributed by atoms with van der Waals surface area (Å²) in [5, 5.41) is 14.5. The number of nitrogens with one attached hydrogen (secondary N) is 1. The van der Waals surface area contributed by atoms with Gasteiger partial charge < -0.3 is 10.1 Å². The highest BCUT2D eigenvalue weighted by molar-refractivity contribution is 5.92. The smallest absolute Gasteiger partial charge is 0.305 e. The number of anilines is 2. The number of nitrogens with zero attached hydrogens (tertiary/aromatic N) is 4. The van der Waals surface area contributed by atoms with Crippen LogP contribution >= 0.6 is 0 Å². The normalized spacial score (nSPS) is 10.8. The van der Waals surface area contributed by atoms with Gasteiger partial charge in [0, 0.05) is 23.5 Å². The molecule has 0 aliphatic carbocycles. The fourth-order valence-electron chi connectivity index (χ4n) is 2.93. The minimum absolute atomic E-state index is 0.263. The lowest BCUT2D eigenvalue weighted by Gasteiger charge is -2.12. The molecule has 0 unspecified atom stereocenters. The molecule has 0 bridgehead atoms. The van der Waals surface area contributed by atoms with Crippen LogP contribution in [-0.4, -0.2) is 19.9 Å². The molecule has 0 atom stereocenters. The number of pyridine rings is 1. The van der Waals surface area contributed by atoms with Gasteiger partial charge in [-0.05, 0) is 49.7 Å². The average Bonchev–Trinajstić information content (AvgIpc) is 2.71. The standard InChI is InChI=1S/C21H16FN5O3/c1-12-7-14(4-6-20(12)30-15-5-3-13(2)23-10-15)26-21-16-8-19(27(28)29)17(22)9-18(16)24-11-25-21/h3-11H,1-2H3,(H,24,25,26). The molecule has 0 aliphatic heterocycles. The largest absolute Gasteiger partial charge is 0.455 e. The Labute approximate surface area is 170 Å². The lowest BCUT2D eigenvalue weighted by molar-refractivity contribution is -0.387. The van der Waals surface area contributed by atoms with Gasteiger partial charge in [-0.25, -0.2) is 9.97 Å². The van der Waals surface area contributed by atoms with Crippen LogP contribution in [0.15, 0.2) is 55.0 Å². The molecule has 1 N–H and O–H groups in total. The quantitative estimate of drug-likeness (QED) is 0.358. The predicted octanol–water partition coefficient (Wildman–Crippen LogP) is 5.22. The predicted molar refractivity (Wildman–Crippen MR) is 110 cm³/mol. The molecule has 0 aliphatic rings. The van der Waals surface area contributed by atoms with Gasteiger partial charge in [0.05, 0.1) is 22.0 Å². The van der Waals surface area contributed by atoms with E-state index < -0.39 is 16.4 Å². The number of nitro benzene ring substituents is 1. The van der Waals surface area contributed by atoms with Crippen LogP contribution in [0.3, 0.4) is 0 Å². The highest BCUT2D eigenvalue weighted by atomic mass is 19.1. The monoisotopic (exact) mass is 405 g/mol. The first kappa shape index (κ1) is 19.2. The summed E-state index contributed by atoms with van der Waals surface area (Å²) in [6, 6.07) is 11.3. The van der Waals surface area contributed by atoms with Crippen LogP contribution in [0.4, 0.5) is 21.6 Å². The van der Waals surface area contributed by atoms with Crippen LogP contribution < -0.4 is 10.1 Å². The van der Waals surface area contributed by atoms with Gasteiger partial charge in [0.1, 0.15) is 23.6 Å². The van der Waals surface area contributed by atoms with E-state index in [2.05, 4.69) is 20.3 Å². The summed E-state index contributed by atoms with van der Waals surface area (Å²) in [7, 11) is 0. The Morgan fingerprint density at radius 2 is 1.90 bits per heavy atom. The second kappa shape index (κ2) is 7.70. The zero-order chi connectivity index (χ0) is 21.3. The fourth-order valence-corrected chi connectivity index (χ4v) is 2.93. The Morgan fingerprint density at radius 3 is 2.60 bits per heavy atom. The number of nitro groups is 1. The van der Waals surface area contributed by atoms with E-state index >= 15 is 0 Å². The highest BCUT2D eigenvalue weighted by Gasteiger charge is 2.18. The zero-order valence-electron chi connectivity index (χ0n) is 16.1. The molecule has 2 aromatic heterocycles. The Bertz CT molecular complexity index is 1260. The molecule has 9 heteroatoms. The third-order valence-corrected chi connectivity index (χ3v) is 4.45. The second-order valence-corrected chi connectivity index (χ2v) is 6.64. The molecule has 0 fully saturated rings. The van der Waals surface area contributed by atoms with Gasteiger partial charge in [0.15, 0.2) is 0 Å². The van der Waals surface area contributed by atoms with Gasteiger partial charge in [-0.1, -0.05) is 0 Å². The van der Waals surface area contributed by atoms with Gasteiger partial charge in [0.25, 0.3) is 0 Å². The summed E-state index contributed by atoms with van der Waals surface area (Å²) in [6.07, 6.45) is 2.92. The molecule has 0 spiro atoms. The first-order chi connectivity index (χ1) is 14.4. The van der Waals surface area contributed by atoms with Crippen molar-refractivity contribution in [3.8, 4) is 11.5 Å². The van der Waals surface area contributed by atoms with Crippen molar-refractivity contribution in [1.82, 2.24) is 15.0 Å². The summed E-state index contributed by atoms with van der Waals surface area (Å²) in [6.45, 7) is 3.79. The first-order valence-electron chi connectivity index (χ1n) is 8.97. The number of rotatable bonds is 5. The third-order valence-electron chi connectivity index (χ3n) is 4.45. The van der Waals surface area contributed by atoms with Crippen molar-refractivity contribution < 1.29 is 14.1 Å². The van der Waals surface area contributed by atoms with Gasteiger partial charge in [0.2, 0.25) is 5.82 Å². The SMILES string of the molecule is Cc1ccc(Oc2ccc(Nc3ncnc4cc(F)c([N+](=O)[O-])cc34)cc2C)cn1. The number of aromatic nitrogens is 3. The number of fused-ring (bicyclic) bond motifs is 1. The number of ether oxygens (including phenoxy) is 1. The van der Waals surface area contributed by atoms with E-state index in [1.54, 1.807) is 18.3 Å². The molecule has 150 valence electrons. The van der Waals surface area contributed by atoms with Gasteiger partial charge in [-0.3, -0.25) is 15.1 Å². The summed E-state index contributed by atoms with van der Waals surface area (Å²) < 4.78 is 19.7. The van der Waals surface area contributed by atoms with E-state index in [-0.39, 0.29) is 5.52 Å². The molecular formula is C21H16FN5O3. The van der Waals surface area contributed by atoms with Crippen molar-refractivity contribution >= 4 is 28.1 Å². The van der Waals surface area contributed by atoms with E-state index in [1.165, 1.54) is 6.33 Å². The summed E-state index contributed by atoms with van der Waals surface area (Å²) in [5.41, 5.74) is 2.08. The Morgan fingerprint density at radius 1 is 1.07 bits per heavy atom. The number of benzene rings is 2. The van der Waals surface area contributed by atoms with Crippen molar-refractivity contribution in [2.24, 2.45) is 0 Å². The van der Waals surface area contributed by atoms with Crippen molar-refractivity contribution in [2.75, 3.05) is 5.32 Å².